The first-order chi connectivity index (χ1) is 13.9. The van der Waals surface area contributed by atoms with E-state index in [1.165, 1.54) is 23.9 Å². The monoisotopic (exact) mass is 436 g/mol. The van der Waals surface area contributed by atoms with Gasteiger partial charge in [0.05, 0.1) is 6.54 Å². The van der Waals surface area contributed by atoms with E-state index in [0.717, 1.165) is 44.0 Å². The van der Waals surface area contributed by atoms with E-state index in [1.807, 2.05) is 6.07 Å². The Hall–Kier alpha value is -1.94. The van der Waals surface area contributed by atoms with Gasteiger partial charge in [-0.25, -0.2) is 13.1 Å². The summed E-state index contributed by atoms with van der Waals surface area (Å²) in [6.45, 7) is 7.03. The van der Waals surface area contributed by atoms with Crippen molar-refractivity contribution in [1.82, 2.24) is 14.9 Å². The molecule has 0 atom stereocenters. The Bertz CT molecular complexity index is 891. The minimum absolute atomic E-state index is 0.134. The lowest BCUT2D eigenvalue weighted by Gasteiger charge is -2.36. The summed E-state index contributed by atoms with van der Waals surface area (Å²) in [4.78, 5) is 16.6. The molecule has 1 saturated heterocycles. The molecule has 1 aromatic heterocycles. The maximum Gasteiger partial charge on any atom is 0.250 e. The maximum absolute atomic E-state index is 12.4. The van der Waals surface area contributed by atoms with Crippen LogP contribution in [0.1, 0.15) is 18.2 Å². The molecule has 1 fully saturated rings. The highest BCUT2D eigenvalue weighted by molar-refractivity contribution is 7.91. The fourth-order valence-corrected chi connectivity index (χ4v) is 5.67. The van der Waals surface area contributed by atoms with Crippen LogP contribution in [0.5, 0.6) is 0 Å². The fraction of sp³-hybridized carbons (Fsp3) is 0.450. The quantitative estimate of drug-likeness (QED) is 0.587. The molecule has 2 N–H and O–H groups in total. The van der Waals surface area contributed by atoms with Gasteiger partial charge in [0.15, 0.2) is 0 Å². The van der Waals surface area contributed by atoms with E-state index in [-0.39, 0.29) is 10.1 Å². The highest BCUT2D eigenvalue weighted by Crippen LogP contribution is 2.21. The molecule has 0 saturated carbocycles. The first-order valence-electron chi connectivity index (χ1n) is 9.79. The molecule has 1 amide bonds. The van der Waals surface area contributed by atoms with Crippen LogP contribution in [0.2, 0.25) is 0 Å². The van der Waals surface area contributed by atoms with Crippen molar-refractivity contribution in [1.29, 1.82) is 0 Å². The number of carbonyl (C=O) groups is 1. The highest BCUT2D eigenvalue weighted by Gasteiger charge is 2.18. The number of thiophene rings is 1. The standard InChI is InChI=1S/C20H28N4O3S2/c1-17(25)21-16-19-8-9-20(28-19)29(26,27)22-10-5-11-23-12-14-24(15-13-23)18-6-3-2-4-7-18/h2-4,6-9,22H,5,10-16H2,1H3,(H,21,25). The molecule has 0 bridgehead atoms. The molecule has 2 aromatic rings. The average molecular weight is 437 g/mol. The number of piperazine rings is 1. The summed E-state index contributed by atoms with van der Waals surface area (Å²) in [7, 11) is -3.50. The van der Waals surface area contributed by atoms with Crippen molar-refractivity contribution in [3.63, 3.8) is 0 Å². The molecule has 158 valence electrons. The molecule has 0 spiro atoms. The molecule has 1 aliphatic rings. The van der Waals surface area contributed by atoms with Crippen molar-refractivity contribution in [2.24, 2.45) is 0 Å². The van der Waals surface area contributed by atoms with Gasteiger partial charge in [0.1, 0.15) is 4.21 Å². The summed E-state index contributed by atoms with van der Waals surface area (Å²) in [6.07, 6.45) is 0.773. The second-order valence-electron chi connectivity index (χ2n) is 7.05. The van der Waals surface area contributed by atoms with Crippen LogP contribution in [0, 0.1) is 0 Å². The molecule has 0 aliphatic carbocycles. The minimum Gasteiger partial charge on any atom is -0.369 e. The number of benzene rings is 1. The molecule has 29 heavy (non-hydrogen) atoms. The van der Waals surface area contributed by atoms with Crippen molar-refractivity contribution in [3.05, 3.63) is 47.3 Å². The number of anilines is 1. The number of sulfonamides is 1. The van der Waals surface area contributed by atoms with Crippen LogP contribution in [0.15, 0.2) is 46.7 Å². The molecular formula is C20H28N4O3S2. The van der Waals surface area contributed by atoms with Crippen molar-refractivity contribution in [3.8, 4) is 0 Å². The molecule has 0 radical (unpaired) electrons. The Morgan fingerprint density at radius 1 is 1.07 bits per heavy atom. The fourth-order valence-electron chi connectivity index (χ4n) is 3.26. The molecule has 1 aliphatic heterocycles. The predicted octanol–water partition coefficient (Wildman–Crippen LogP) is 1.87. The zero-order valence-corrected chi connectivity index (χ0v) is 18.3. The normalized spacial score (nSPS) is 15.4. The number of nitrogens with one attached hydrogen (secondary N) is 2. The average Bonchev–Trinajstić information content (AvgIpc) is 3.21. The van der Waals surface area contributed by atoms with Gasteiger partial charge >= 0.3 is 0 Å². The molecular weight excluding hydrogens is 408 g/mol. The largest absolute Gasteiger partial charge is 0.369 e. The summed E-state index contributed by atoms with van der Waals surface area (Å²) >= 11 is 1.18. The van der Waals surface area contributed by atoms with Crippen LogP contribution < -0.4 is 14.9 Å². The smallest absolute Gasteiger partial charge is 0.250 e. The van der Waals surface area contributed by atoms with Crippen LogP contribution in [-0.2, 0) is 21.4 Å². The van der Waals surface area contributed by atoms with E-state index in [1.54, 1.807) is 12.1 Å². The Labute approximate surface area is 176 Å². The number of amides is 1. The first kappa shape index (κ1) is 21.8. The van der Waals surface area contributed by atoms with Gasteiger partial charge in [-0.05, 0) is 37.2 Å². The minimum atomic E-state index is -3.50. The van der Waals surface area contributed by atoms with Gasteiger partial charge in [-0.15, -0.1) is 11.3 Å². The summed E-state index contributed by atoms with van der Waals surface area (Å²) < 4.78 is 27.8. The molecule has 7 nitrogen and oxygen atoms in total. The Kier molecular flexibility index (Phi) is 7.65. The summed E-state index contributed by atoms with van der Waals surface area (Å²) in [5.41, 5.74) is 1.26. The number of hydrogen-bond acceptors (Lipinski definition) is 6. The van der Waals surface area contributed by atoms with E-state index in [4.69, 9.17) is 0 Å². The Morgan fingerprint density at radius 2 is 1.79 bits per heavy atom. The maximum atomic E-state index is 12.4. The van der Waals surface area contributed by atoms with Gasteiger partial charge in [-0.1, -0.05) is 18.2 Å². The third-order valence-corrected chi connectivity index (χ3v) is 7.89. The lowest BCUT2D eigenvalue weighted by molar-refractivity contribution is -0.119. The zero-order valence-electron chi connectivity index (χ0n) is 16.6. The van der Waals surface area contributed by atoms with Gasteiger partial charge in [-0.2, -0.15) is 0 Å². The van der Waals surface area contributed by atoms with E-state index >= 15 is 0 Å². The van der Waals surface area contributed by atoms with E-state index in [0.29, 0.717) is 13.1 Å². The predicted molar refractivity (Wildman–Crippen MR) is 117 cm³/mol. The van der Waals surface area contributed by atoms with Crippen molar-refractivity contribution in [2.75, 3.05) is 44.2 Å². The highest BCUT2D eigenvalue weighted by atomic mass is 32.2. The second kappa shape index (κ2) is 10.2. The number of carbonyl (C=O) groups excluding carboxylic acids is 1. The molecule has 3 rings (SSSR count). The van der Waals surface area contributed by atoms with E-state index < -0.39 is 10.0 Å². The van der Waals surface area contributed by atoms with Crippen LogP contribution >= 0.6 is 11.3 Å². The third kappa shape index (κ3) is 6.53. The van der Waals surface area contributed by atoms with Crippen molar-refractivity contribution >= 4 is 33.0 Å². The summed E-state index contributed by atoms with van der Waals surface area (Å²) in [5.74, 6) is -0.134. The van der Waals surface area contributed by atoms with E-state index in [2.05, 4.69) is 44.1 Å². The van der Waals surface area contributed by atoms with Gasteiger partial charge < -0.3 is 10.2 Å². The number of rotatable bonds is 9. The van der Waals surface area contributed by atoms with Gasteiger partial charge in [0, 0.05) is 50.2 Å². The number of para-hydroxylation sites is 1. The van der Waals surface area contributed by atoms with E-state index in [9.17, 15) is 13.2 Å². The lowest BCUT2D eigenvalue weighted by Crippen LogP contribution is -2.47. The summed E-state index contributed by atoms with van der Waals surface area (Å²) in [6, 6.07) is 13.7. The lowest BCUT2D eigenvalue weighted by atomic mass is 10.2. The van der Waals surface area contributed by atoms with Gasteiger partial charge in [0.25, 0.3) is 0 Å². The molecule has 0 unspecified atom stereocenters. The zero-order chi connectivity index (χ0) is 20.7. The van der Waals surface area contributed by atoms with Gasteiger partial charge in [-0.3, -0.25) is 9.69 Å². The van der Waals surface area contributed by atoms with Crippen LogP contribution in [0.3, 0.4) is 0 Å². The number of hydrogen-bond donors (Lipinski definition) is 2. The van der Waals surface area contributed by atoms with Crippen molar-refractivity contribution in [2.45, 2.75) is 24.1 Å². The van der Waals surface area contributed by atoms with Crippen LogP contribution in [0.25, 0.3) is 0 Å². The third-order valence-electron chi connectivity index (χ3n) is 4.85. The topological polar surface area (TPSA) is 81.7 Å². The first-order valence-corrected chi connectivity index (χ1v) is 12.1. The summed E-state index contributed by atoms with van der Waals surface area (Å²) in [5, 5.41) is 2.68. The molecule has 1 aromatic carbocycles. The van der Waals surface area contributed by atoms with Crippen LogP contribution in [-0.4, -0.2) is 58.5 Å². The Morgan fingerprint density at radius 3 is 2.48 bits per heavy atom. The van der Waals surface area contributed by atoms with Gasteiger partial charge in [0.2, 0.25) is 15.9 Å². The van der Waals surface area contributed by atoms with Crippen LogP contribution in [0.4, 0.5) is 5.69 Å². The Balaban J connectivity index is 1.37. The molecule has 2 heterocycles. The SMILES string of the molecule is CC(=O)NCc1ccc(S(=O)(=O)NCCCN2CCN(c3ccccc3)CC2)s1. The molecule has 9 heteroatoms. The van der Waals surface area contributed by atoms with Crippen molar-refractivity contribution < 1.29 is 13.2 Å². The number of nitrogens with zero attached hydrogens (tertiary/aromatic N) is 2. The second-order valence-corrected chi connectivity index (χ2v) is 10.2.